The fourth-order valence-electron chi connectivity index (χ4n) is 2.10. The van der Waals surface area contributed by atoms with Gasteiger partial charge in [-0.1, -0.05) is 29.8 Å². The molecule has 0 saturated carbocycles. The lowest BCUT2D eigenvalue weighted by Crippen LogP contribution is -1.99. The SMILES string of the molecule is COc1ccc(C(Cl)c2cc(C)ccc2F)cc1C. The van der Waals surface area contributed by atoms with E-state index < -0.39 is 5.38 Å². The third kappa shape index (κ3) is 2.90. The van der Waals surface area contributed by atoms with Gasteiger partial charge in [0.2, 0.25) is 0 Å². The minimum absolute atomic E-state index is 0.279. The van der Waals surface area contributed by atoms with Crippen molar-refractivity contribution in [3.8, 4) is 5.75 Å². The molecule has 0 aliphatic heterocycles. The van der Waals surface area contributed by atoms with Gasteiger partial charge in [0.05, 0.1) is 12.5 Å². The summed E-state index contributed by atoms with van der Waals surface area (Å²) in [6.45, 7) is 3.87. The molecule has 0 saturated heterocycles. The van der Waals surface area contributed by atoms with Crippen molar-refractivity contribution in [2.75, 3.05) is 7.11 Å². The molecule has 1 nitrogen and oxygen atoms in total. The summed E-state index contributed by atoms with van der Waals surface area (Å²) >= 11 is 6.40. The maximum absolute atomic E-state index is 13.8. The van der Waals surface area contributed by atoms with E-state index in [4.69, 9.17) is 16.3 Å². The van der Waals surface area contributed by atoms with Crippen molar-refractivity contribution in [1.82, 2.24) is 0 Å². The van der Waals surface area contributed by atoms with Crippen LogP contribution in [0.5, 0.6) is 5.75 Å². The van der Waals surface area contributed by atoms with E-state index >= 15 is 0 Å². The van der Waals surface area contributed by atoms with Crippen LogP contribution in [0, 0.1) is 19.7 Å². The zero-order valence-corrected chi connectivity index (χ0v) is 12.0. The Bertz CT molecular complexity index is 595. The Balaban J connectivity index is 2.41. The first-order valence-corrected chi connectivity index (χ1v) is 6.51. The number of hydrogen-bond acceptors (Lipinski definition) is 1. The van der Waals surface area contributed by atoms with Crippen LogP contribution in [0.15, 0.2) is 36.4 Å². The molecule has 0 amide bonds. The molecule has 0 fully saturated rings. The van der Waals surface area contributed by atoms with Crippen molar-refractivity contribution >= 4 is 11.6 Å². The van der Waals surface area contributed by atoms with Crippen LogP contribution in [0.4, 0.5) is 4.39 Å². The molecule has 3 heteroatoms. The molecule has 0 aliphatic rings. The van der Waals surface area contributed by atoms with Crippen molar-refractivity contribution in [3.63, 3.8) is 0 Å². The molecule has 0 radical (unpaired) electrons. The van der Waals surface area contributed by atoms with Gasteiger partial charge < -0.3 is 4.74 Å². The molecule has 2 aromatic rings. The van der Waals surface area contributed by atoms with Gasteiger partial charge in [0.1, 0.15) is 11.6 Å². The van der Waals surface area contributed by atoms with Crippen molar-refractivity contribution in [2.24, 2.45) is 0 Å². The minimum Gasteiger partial charge on any atom is -0.496 e. The van der Waals surface area contributed by atoms with Crippen molar-refractivity contribution < 1.29 is 9.13 Å². The summed E-state index contributed by atoms with van der Waals surface area (Å²) in [5, 5.41) is -0.496. The van der Waals surface area contributed by atoms with Crippen LogP contribution in [0.3, 0.4) is 0 Å². The molecule has 0 bridgehead atoms. The third-order valence-electron chi connectivity index (χ3n) is 3.14. The van der Waals surface area contributed by atoms with Crippen LogP contribution >= 0.6 is 11.6 Å². The first kappa shape index (κ1) is 13.9. The monoisotopic (exact) mass is 278 g/mol. The standard InChI is InChI=1S/C16H16ClFO/c1-10-4-6-14(18)13(8-10)16(17)12-5-7-15(19-3)11(2)9-12/h4-9,16H,1-3H3. The van der Waals surface area contributed by atoms with Gasteiger partial charge in [0, 0.05) is 5.56 Å². The van der Waals surface area contributed by atoms with Crippen LogP contribution in [0.25, 0.3) is 0 Å². The molecule has 0 heterocycles. The quantitative estimate of drug-likeness (QED) is 0.734. The summed E-state index contributed by atoms with van der Waals surface area (Å²) in [6, 6.07) is 10.6. The number of rotatable bonds is 3. The van der Waals surface area contributed by atoms with Crippen molar-refractivity contribution in [3.05, 3.63) is 64.5 Å². The number of alkyl halides is 1. The van der Waals surface area contributed by atoms with E-state index in [0.29, 0.717) is 5.56 Å². The molecule has 0 N–H and O–H groups in total. The third-order valence-corrected chi connectivity index (χ3v) is 3.62. The van der Waals surface area contributed by atoms with E-state index in [1.165, 1.54) is 6.07 Å². The van der Waals surface area contributed by atoms with Gasteiger partial charge in [-0.15, -0.1) is 11.6 Å². The van der Waals surface area contributed by atoms with E-state index in [2.05, 4.69) is 0 Å². The first-order valence-electron chi connectivity index (χ1n) is 6.07. The molecule has 0 aliphatic carbocycles. The average Bonchev–Trinajstić information content (AvgIpc) is 2.40. The second-order valence-electron chi connectivity index (χ2n) is 4.62. The Morgan fingerprint density at radius 1 is 1.11 bits per heavy atom. The Morgan fingerprint density at radius 2 is 1.84 bits per heavy atom. The van der Waals surface area contributed by atoms with E-state index in [-0.39, 0.29) is 5.82 Å². The second kappa shape index (κ2) is 5.62. The number of hydrogen-bond donors (Lipinski definition) is 0. The Morgan fingerprint density at radius 3 is 2.47 bits per heavy atom. The average molecular weight is 279 g/mol. The lowest BCUT2D eigenvalue weighted by molar-refractivity contribution is 0.411. The van der Waals surface area contributed by atoms with E-state index in [1.54, 1.807) is 19.2 Å². The van der Waals surface area contributed by atoms with Gasteiger partial charge in [0.15, 0.2) is 0 Å². The van der Waals surface area contributed by atoms with Gasteiger partial charge in [-0.25, -0.2) is 4.39 Å². The molecular formula is C16H16ClFO. The number of halogens is 2. The van der Waals surface area contributed by atoms with Gasteiger partial charge >= 0.3 is 0 Å². The largest absolute Gasteiger partial charge is 0.496 e. The second-order valence-corrected chi connectivity index (χ2v) is 5.05. The Labute approximate surface area is 118 Å². The predicted octanol–water partition coefficient (Wildman–Crippen LogP) is 4.78. The number of benzene rings is 2. The molecule has 2 aromatic carbocycles. The molecule has 19 heavy (non-hydrogen) atoms. The van der Waals surface area contributed by atoms with Crippen LogP contribution < -0.4 is 4.74 Å². The first-order chi connectivity index (χ1) is 9.02. The summed E-state index contributed by atoms with van der Waals surface area (Å²) < 4.78 is 19.1. The number of ether oxygens (including phenoxy) is 1. The molecule has 2 rings (SSSR count). The maximum atomic E-state index is 13.8. The van der Waals surface area contributed by atoms with Gasteiger partial charge in [-0.3, -0.25) is 0 Å². The summed E-state index contributed by atoms with van der Waals surface area (Å²) in [5.74, 6) is 0.524. The van der Waals surface area contributed by atoms with Gasteiger partial charge in [0.25, 0.3) is 0 Å². The predicted molar refractivity (Wildman–Crippen MR) is 76.6 cm³/mol. The Kier molecular flexibility index (Phi) is 4.11. The highest BCUT2D eigenvalue weighted by Crippen LogP contribution is 2.33. The van der Waals surface area contributed by atoms with E-state index in [0.717, 1.165) is 22.4 Å². The van der Waals surface area contributed by atoms with Crippen LogP contribution in [0.2, 0.25) is 0 Å². The van der Waals surface area contributed by atoms with Gasteiger partial charge in [-0.2, -0.15) is 0 Å². The summed E-state index contributed by atoms with van der Waals surface area (Å²) in [5.41, 5.74) is 3.35. The summed E-state index contributed by atoms with van der Waals surface area (Å²) in [7, 11) is 1.63. The highest BCUT2D eigenvalue weighted by atomic mass is 35.5. The maximum Gasteiger partial charge on any atom is 0.128 e. The van der Waals surface area contributed by atoms with Crippen molar-refractivity contribution in [1.29, 1.82) is 0 Å². The molecule has 0 aromatic heterocycles. The smallest absolute Gasteiger partial charge is 0.128 e. The van der Waals surface area contributed by atoms with E-state index in [9.17, 15) is 4.39 Å². The van der Waals surface area contributed by atoms with Crippen molar-refractivity contribution in [2.45, 2.75) is 19.2 Å². The fourth-order valence-corrected chi connectivity index (χ4v) is 2.40. The summed E-state index contributed by atoms with van der Waals surface area (Å²) in [6.07, 6.45) is 0. The summed E-state index contributed by atoms with van der Waals surface area (Å²) in [4.78, 5) is 0. The molecule has 1 atom stereocenters. The number of methoxy groups -OCH3 is 1. The zero-order chi connectivity index (χ0) is 14.0. The van der Waals surface area contributed by atoms with E-state index in [1.807, 2.05) is 32.0 Å². The molecule has 100 valence electrons. The fraction of sp³-hybridized carbons (Fsp3) is 0.250. The van der Waals surface area contributed by atoms with Crippen LogP contribution in [0.1, 0.15) is 27.6 Å². The normalized spacial score (nSPS) is 12.3. The van der Waals surface area contributed by atoms with Gasteiger partial charge in [-0.05, 0) is 37.1 Å². The highest BCUT2D eigenvalue weighted by Gasteiger charge is 2.16. The van der Waals surface area contributed by atoms with Crippen LogP contribution in [-0.4, -0.2) is 7.11 Å². The minimum atomic E-state index is -0.496. The molecular weight excluding hydrogens is 263 g/mol. The number of aryl methyl sites for hydroxylation is 2. The Hall–Kier alpha value is -1.54. The topological polar surface area (TPSA) is 9.23 Å². The molecule has 0 spiro atoms. The van der Waals surface area contributed by atoms with Crippen LogP contribution in [-0.2, 0) is 0 Å². The molecule has 1 unspecified atom stereocenters. The lowest BCUT2D eigenvalue weighted by atomic mass is 10.0. The zero-order valence-electron chi connectivity index (χ0n) is 11.2. The lowest BCUT2D eigenvalue weighted by Gasteiger charge is -2.14. The highest BCUT2D eigenvalue weighted by molar-refractivity contribution is 6.22.